The van der Waals surface area contributed by atoms with Gasteiger partial charge in [-0.15, -0.1) is 0 Å². The van der Waals surface area contributed by atoms with Crippen molar-refractivity contribution in [1.29, 1.82) is 0 Å². The molecule has 0 bridgehead atoms. The van der Waals surface area contributed by atoms with Crippen molar-refractivity contribution in [3.63, 3.8) is 0 Å². The van der Waals surface area contributed by atoms with Gasteiger partial charge in [-0.1, -0.05) is 42.5 Å². The minimum absolute atomic E-state index is 0.283. The van der Waals surface area contributed by atoms with Gasteiger partial charge in [-0.05, 0) is 23.3 Å². The van der Waals surface area contributed by atoms with Gasteiger partial charge in [0.25, 0.3) is 0 Å². The molecule has 32 heavy (non-hydrogen) atoms. The third-order valence-corrected chi connectivity index (χ3v) is 5.94. The summed E-state index contributed by atoms with van der Waals surface area (Å²) in [6, 6.07) is 17.1. The summed E-state index contributed by atoms with van der Waals surface area (Å²) in [6.45, 7) is 6.93. The topological polar surface area (TPSA) is 57.4 Å². The molecule has 7 heteroatoms. The Bertz CT molecular complexity index is 1170. The highest BCUT2D eigenvalue weighted by Crippen LogP contribution is 2.33. The lowest BCUT2D eigenvalue weighted by Crippen LogP contribution is -2.47. The number of halogens is 1. The molecule has 6 nitrogen and oxygen atoms in total. The lowest BCUT2D eigenvalue weighted by molar-refractivity contribution is 0.130. The van der Waals surface area contributed by atoms with Crippen LogP contribution in [-0.2, 0) is 6.54 Å². The second kappa shape index (κ2) is 9.46. The van der Waals surface area contributed by atoms with Gasteiger partial charge in [0.05, 0.1) is 5.39 Å². The van der Waals surface area contributed by atoms with Gasteiger partial charge < -0.3 is 9.73 Å². The fraction of sp³-hybridized carbons (Fsp3) is 0.280. The number of aromatic nitrogens is 2. The molecule has 2 aromatic heterocycles. The van der Waals surface area contributed by atoms with Crippen molar-refractivity contribution < 1.29 is 8.81 Å². The highest BCUT2D eigenvalue weighted by Gasteiger charge is 2.18. The summed E-state index contributed by atoms with van der Waals surface area (Å²) in [6.07, 6.45) is 3.11. The van der Waals surface area contributed by atoms with Crippen LogP contribution in [0, 0.1) is 5.82 Å². The third kappa shape index (κ3) is 4.64. The fourth-order valence-corrected chi connectivity index (χ4v) is 4.22. The van der Waals surface area contributed by atoms with E-state index in [-0.39, 0.29) is 5.82 Å². The largest absolute Gasteiger partial charge is 0.445 e. The number of benzene rings is 2. The Balaban J connectivity index is 1.19. The van der Waals surface area contributed by atoms with Crippen LogP contribution < -0.4 is 5.32 Å². The van der Waals surface area contributed by atoms with Gasteiger partial charge in [-0.2, -0.15) is 0 Å². The first-order chi connectivity index (χ1) is 15.8. The predicted octanol–water partition coefficient (Wildman–Crippen LogP) is 4.26. The zero-order valence-electron chi connectivity index (χ0n) is 17.9. The average molecular weight is 432 g/mol. The molecule has 2 aromatic carbocycles. The molecule has 1 aliphatic heterocycles. The van der Waals surface area contributed by atoms with Crippen molar-refractivity contribution in [1.82, 2.24) is 19.8 Å². The van der Waals surface area contributed by atoms with Gasteiger partial charge in [-0.3, -0.25) is 9.80 Å². The molecular weight excluding hydrogens is 405 g/mol. The Morgan fingerprint density at radius 1 is 0.938 bits per heavy atom. The van der Waals surface area contributed by atoms with Crippen LogP contribution in [0.5, 0.6) is 0 Å². The molecule has 5 rings (SSSR count). The first kappa shape index (κ1) is 20.6. The monoisotopic (exact) mass is 431 g/mol. The van der Waals surface area contributed by atoms with Crippen LogP contribution in [0.1, 0.15) is 5.56 Å². The Hall–Kier alpha value is -3.29. The predicted molar refractivity (Wildman–Crippen MR) is 124 cm³/mol. The first-order valence-electron chi connectivity index (χ1n) is 11.0. The van der Waals surface area contributed by atoms with E-state index in [2.05, 4.69) is 55.4 Å². The van der Waals surface area contributed by atoms with Crippen LogP contribution in [0.25, 0.3) is 22.2 Å². The molecule has 164 valence electrons. The van der Waals surface area contributed by atoms with Crippen LogP contribution in [-0.4, -0.2) is 59.0 Å². The first-order valence-corrected chi connectivity index (χ1v) is 11.0. The van der Waals surface area contributed by atoms with Crippen LogP contribution in [0.2, 0.25) is 0 Å². The Morgan fingerprint density at radius 2 is 1.75 bits per heavy atom. The molecule has 4 aromatic rings. The minimum Gasteiger partial charge on any atom is -0.445 e. The zero-order chi connectivity index (χ0) is 21.8. The number of hydrogen-bond donors (Lipinski definition) is 1. The number of rotatable bonds is 7. The summed E-state index contributed by atoms with van der Waals surface area (Å²) in [5.41, 5.74) is 3.40. The van der Waals surface area contributed by atoms with Crippen LogP contribution >= 0.6 is 0 Å². The Labute approximate surface area is 186 Å². The van der Waals surface area contributed by atoms with E-state index in [0.29, 0.717) is 11.5 Å². The van der Waals surface area contributed by atoms with Crippen molar-refractivity contribution in [3.05, 3.63) is 78.6 Å². The number of piperazine rings is 1. The maximum absolute atomic E-state index is 13.7. The van der Waals surface area contributed by atoms with E-state index in [1.807, 2.05) is 6.07 Å². The lowest BCUT2D eigenvalue weighted by atomic mass is 10.1. The molecule has 0 atom stereocenters. The van der Waals surface area contributed by atoms with E-state index >= 15 is 0 Å². The molecule has 1 fully saturated rings. The normalized spacial score (nSPS) is 15.3. The molecule has 1 saturated heterocycles. The second-order valence-electron chi connectivity index (χ2n) is 8.09. The van der Waals surface area contributed by atoms with Gasteiger partial charge >= 0.3 is 0 Å². The zero-order valence-corrected chi connectivity index (χ0v) is 17.9. The van der Waals surface area contributed by atoms with Gasteiger partial charge in [0.1, 0.15) is 24.2 Å². The number of hydrogen-bond acceptors (Lipinski definition) is 6. The lowest BCUT2D eigenvalue weighted by Gasteiger charge is -2.34. The summed E-state index contributed by atoms with van der Waals surface area (Å²) < 4.78 is 19.3. The van der Waals surface area contributed by atoms with Gasteiger partial charge in [0.15, 0.2) is 0 Å². The summed E-state index contributed by atoms with van der Waals surface area (Å²) in [7, 11) is 0. The molecule has 3 heterocycles. The quantitative estimate of drug-likeness (QED) is 0.472. The Kier molecular flexibility index (Phi) is 6.09. The summed E-state index contributed by atoms with van der Waals surface area (Å²) >= 11 is 0. The van der Waals surface area contributed by atoms with E-state index in [1.165, 1.54) is 24.0 Å². The number of nitrogens with zero attached hydrogens (tertiary/aromatic N) is 4. The highest BCUT2D eigenvalue weighted by molar-refractivity contribution is 5.99. The molecule has 0 radical (unpaired) electrons. The maximum Gasteiger partial charge on any atom is 0.231 e. The maximum atomic E-state index is 13.7. The average Bonchev–Trinajstić information content (AvgIpc) is 3.26. The second-order valence-corrected chi connectivity index (χ2v) is 8.09. The summed E-state index contributed by atoms with van der Waals surface area (Å²) in [4.78, 5) is 13.6. The summed E-state index contributed by atoms with van der Waals surface area (Å²) in [5.74, 6) is 0.431. The van der Waals surface area contributed by atoms with Crippen molar-refractivity contribution in [3.8, 4) is 11.1 Å². The van der Waals surface area contributed by atoms with E-state index in [9.17, 15) is 4.39 Å². The molecule has 0 amide bonds. The van der Waals surface area contributed by atoms with Gasteiger partial charge in [0.2, 0.25) is 5.71 Å². The van der Waals surface area contributed by atoms with Gasteiger partial charge in [-0.25, -0.2) is 14.4 Å². The standard InChI is InChI=1S/C25H26FN5O/c26-21-8-4-7-20(15-21)22-17-32-25-23(22)24(28-18-29-25)27-9-10-30-11-13-31(14-12-30)16-19-5-2-1-3-6-19/h1-8,15,17-18H,9-14,16H2,(H,27,28,29). The third-order valence-electron chi connectivity index (χ3n) is 5.94. The number of fused-ring (bicyclic) bond motifs is 1. The molecule has 0 aliphatic carbocycles. The molecule has 0 spiro atoms. The van der Waals surface area contributed by atoms with Crippen molar-refractivity contribution in [2.75, 3.05) is 44.6 Å². The van der Waals surface area contributed by atoms with Gasteiger partial charge in [0, 0.05) is 51.4 Å². The van der Waals surface area contributed by atoms with Crippen molar-refractivity contribution in [2.24, 2.45) is 0 Å². The van der Waals surface area contributed by atoms with E-state index in [1.54, 1.807) is 12.3 Å². The van der Waals surface area contributed by atoms with E-state index in [0.717, 1.165) is 62.3 Å². The van der Waals surface area contributed by atoms with Crippen molar-refractivity contribution >= 4 is 16.9 Å². The minimum atomic E-state index is -0.283. The van der Waals surface area contributed by atoms with E-state index in [4.69, 9.17) is 4.42 Å². The van der Waals surface area contributed by atoms with Crippen LogP contribution in [0.4, 0.5) is 10.2 Å². The SMILES string of the molecule is Fc1cccc(-c2coc3ncnc(NCCN4CCN(Cc5ccccc5)CC4)c23)c1. The molecule has 0 saturated carbocycles. The van der Waals surface area contributed by atoms with E-state index < -0.39 is 0 Å². The summed E-state index contributed by atoms with van der Waals surface area (Å²) in [5, 5.41) is 4.22. The molecule has 1 N–H and O–H groups in total. The number of nitrogens with one attached hydrogen (secondary N) is 1. The van der Waals surface area contributed by atoms with Crippen molar-refractivity contribution in [2.45, 2.75) is 6.54 Å². The van der Waals surface area contributed by atoms with Crippen LogP contribution in [0.3, 0.4) is 0 Å². The number of furan rings is 1. The highest BCUT2D eigenvalue weighted by atomic mass is 19.1. The molecular formula is C25H26FN5O. The fourth-order valence-electron chi connectivity index (χ4n) is 4.22. The Morgan fingerprint density at radius 3 is 2.56 bits per heavy atom. The molecule has 1 aliphatic rings. The molecule has 0 unspecified atom stereocenters. The van der Waals surface area contributed by atoms with Crippen LogP contribution in [0.15, 0.2) is 71.6 Å². The number of anilines is 1. The smallest absolute Gasteiger partial charge is 0.231 e.